The quantitative estimate of drug-likeness (QED) is 0.619. The van der Waals surface area contributed by atoms with Crippen LogP contribution in [0.2, 0.25) is 0 Å². The number of primary amides is 2. The SMILES string of the molecule is COCC1=C(C(N)=O)C2=NC=CC(C(N)=O)(C3Cc4cccnc4C3)N2N1. The Hall–Kier alpha value is -3.20. The van der Waals surface area contributed by atoms with Crippen molar-refractivity contribution in [2.45, 2.75) is 18.4 Å². The highest BCUT2D eigenvalue weighted by Crippen LogP contribution is 2.40. The first-order valence-corrected chi connectivity index (χ1v) is 8.56. The number of nitrogens with two attached hydrogens (primary N) is 2. The minimum Gasteiger partial charge on any atom is -0.378 e. The number of carbonyl (C=O) groups excluding carboxylic acids is 2. The van der Waals surface area contributed by atoms with Gasteiger partial charge in [-0.15, -0.1) is 0 Å². The molecule has 2 amide bonds. The fourth-order valence-corrected chi connectivity index (χ4v) is 4.12. The smallest absolute Gasteiger partial charge is 0.254 e. The normalized spacial score (nSPS) is 25.7. The van der Waals surface area contributed by atoms with E-state index in [9.17, 15) is 9.59 Å². The van der Waals surface area contributed by atoms with Gasteiger partial charge in [-0.3, -0.25) is 20.0 Å². The van der Waals surface area contributed by atoms with Gasteiger partial charge in [0.1, 0.15) is 5.57 Å². The molecule has 1 aromatic heterocycles. The maximum Gasteiger partial charge on any atom is 0.254 e. The lowest BCUT2D eigenvalue weighted by atomic mass is 9.79. The minimum absolute atomic E-state index is 0.120. The van der Waals surface area contributed by atoms with E-state index in [1.807, 2.05) is 12.1 Å². The Kier molecular flexibility index (Phi) is 3.96. The highest BCUT2D eigenvalue weighted by atomic mass is 16.5. The molecule has 1 aliphatic carbocycles. The van der Waals surface area contributed by atoms with E-state index in [2.05, 4.69) is 15.4 Å². The van der Waals surface area contributed by atoms with Crippen molar-refractivity contribution in [1.82, 2.24) is 15.4 Å². The fourth-order valence-electron chi connectivity index (χ4n) is 4.12. The molecule has 4 rings (SSSR count). The lowest BCUT2D eigenvalue weighted by Crippen LogP contribution is -2.66. The van der Waals surface area contributed by atoms with Crippen LogP contribution in [0, 0.1) is 5.92 Å². The van der Waals surface area contributed by atoms with E-state index >= 15 is 0 Å². The van der Waals surface area contributed by atoms with Crippen LogP contribution in [0.4, 0.5) is 0 Å². The van der Waals surface area contributed by atoms with Gasteiger partial charge in [-0.25, -0.2) is 10.0 Å². The Labute approximate surface area is 155 Å². The average molecular weight is 368 g/mol. The number of nitrogens with zero attached hydrogens (tertiary/aromatic N) is 3. The van der Waals surface area contributed by atoms with Crippen molar-refractivity contribution in [3.8, 4) is 0 Å². The molecule has 1 aromatic rings. The number of rotatable bonds is 5. The van der Waals surface area contributed by atoms with Crippen LogP contribution in [0.25, 0.3) is 0 Å². The van der Waals surface area contributed by atoms with Gasteiger partial charge in [-0.1, -0.05) is 6.07 Å². The zero-order valence-corrected chi connectivity index (χ0v) is 14.8. The van der Waals surface area contributed by atoms with Crippen molar-refractivity contribution in [3.05, 3.63) is 53.1 Å². The summed E-state index contributed by atoms with van der Waals surface area (Å²) in [5.74, 6) is -1.09. The van der Waals surface area contributed by atoms with Crippen molar-refractivity contribution in [2.75, 3.05) is 13.7 Å². The third kappa shape index (κ3) is 2.42. The second-order valence-electron chi connectivity index (χ2n) is 6.77. The van der Waals surface area contributed by atoms with Crippen LogP contribution in [-0.2, 0) is 27.2 Å². The molecule has 0 saturated heterocycles. The van der Waals surface area contributed by atoms with Crippen LogP contribution in [0.3, 0.4) is 0 Å². The molecule has 0 spiro atoms. The number of hydrogen-bond donors (Lipinski definition) is 3. The van der Waals surface area contributed by atoms with E-state index in [4.69, 9.17) is 16.2 Å². The third-order valence-corrected chi connectivity index (χ3v) is 5.32. The Morgan fingerprint density at radius 1 is 1.41 bits per heavy atom. The molecule has 2 unspecified atom stereocenters. The summed E-state index contributed by atoms with van der Waals surface area (Å²) in [7, 11) is 1.51. The van der Waals surface area contributed by atoms with Crippen LogP contribution >= 0.6 is 0 Å². The summed E-state index contributed by atoms with van der Waals surface area (Å²) in [6.07, 6.45) is 6.14. The number of aromatic nitrogens is 1. The van der Waals surface area contributed by atoms with Gasteiger partial charge < -0.3 is 16.2 Å². The predicted molar refractivity (Wildman–Crippen MR) is 96.7 cm³/mol. The summed E-state index contributed by atoms with van der Waals surface area (Å²) in [6, 6.07) is 3.87. The first-order valence-electron chi connectivity index (χ1n) is 8.56. The molecular weight excluding hydrogens is 348 g/mol. The lowest BCUT2D eigenvalue weighted by Gasteiger charge is -2.43. The molecule has 2 aliphatic heterocycles. The number of amides is 2. The third-order valence-electron chi connectivity index (χ3n) is 5.32. The fraction of sp³-hybridized carbons (Fsp3) is 0.333. The molecule has 0 aromatic carbocycles. The van der Waals surface area contributed by atoms with E-state index in [1.165, 1.54) is 13.3 Å². The number of aliphatic imine (C=N–C) groups is 1. The predicted octanol–water partition coefficient (Wildman–Crippen LogP) is -0.848. The Morgan fingerprint density at radius 2 is 2.22 bits per heavy atom. The van der Waals surface area contributed by atoms with Crippen LogP contribution in [0.15, 0.2) is 46.9 Å². The van der Waals surface area contributed by atoms with Gasteiger partial charge in [0.05, 0.1) is 12.3 Å². The Bertz CT molecular complexity index is 896. The van der Waals surface area contributed by atoms with Crippen LogP contribution in [0.1, 0.15) is 11.3 Å². The number of fused-ring (bicyclic) bond motifs is 2. The molecule has 5 N–H and O–H groups in total. The summed E-state index contributed by atoms with van der Waals surface area (Å²) < 4.78 is 5.16. The van der Waals surface area contributed by atoms with Crippen LogP contribution in [-0.4, -0.2) is 46.9 Å². The average Bonchev–Trinajstić information content (AvgIpc) is 3.22. The second-order valence-corrected chi connectivity index (χ2v) is 6.77. The first kappa shape index (κ1) is 17.2. The largest absolute Gasteiger partial charge is 0.378 e. The van der Waals surface area contributed by atoms with Crippen molar-refractivity contribution in [1.29, 1.82) is 0 Å². The van der Waals surface area contributed by atoms with Gasteiger partial charge in [0.2, 0.25) is 5.91 Å². The van der Waals surface area contributed by atoms with Gasteiger partial charge in [-0.2, -0.15) is 0 Å². The summed E-state index contributed by atoms with van der Waals surface area (Å²) in [4.78, 5) is 33.5. The maximum atomic E-state index is 12.7. The van der Waals surface area contributed by atoms with Crippen molar-refractivity contribution >= 4 is 17.6 Å². The van der Waals surface area contributed by atoms with E-state index < -0.39 is 17.4 Å². The molecule has 0 radical (unpaired) electrons. The number of nitrogens with one attached hydrogen (secondary N) is 1. The van der Waals surface area contributed by atoms with E-state index in [1.54, 1.807) is 17.3 Å². The number of hydrogen-bond acceptors (Lipinski definition) is 7. The van der Waals surface area contributed by atoms with E-state index in [-0.39, 0.29) is 23.9 Å². The van der Waals surface area contributed by atoms with E-state index in [0.29, 0.717) is 18.5 Å². The van der Waals surface area contributed by atoms with Crippen molar-refractivity contribution in [3.63, 3.8) is 0 Å². The molecule has 3 heterocycles. The molecular formula is C18H20N6O3. The van der Waals surface area contributed by atoms with Gasteiger partial charge in [0.15, 0.2) is 11.4 Å². The summed E-state index contributed by atoms with van der Waals surface area (Å²) in [5, 5.41) is 1.56. The number of carbonyl (C=O) groups is 2. The van der Waals surface area contributed by atoms with Gasteiger partial charge in [0, 0.05) is 31.1 Å². The minimum atomic E-state index is -1.21. The maximum absolute atomic E-state index is 12.7. The van der Waals surface area contributed by atoms with Crippen LogP contribution in [0.5, 0.6) is 0 Å². The molecule has 0 fully saturated rings. The molecule has 2 atom stereocenters. The molecule has 0 bridgehead atoms. The molecule has 9 nitrogen and oxygen atoms in total. The highest BCUT2D eigenvalue weighted by Gasteiger charge is 2.55. The molecule has 9 heteroatoms. The molecule has 3 aliphatic rings. The monoisotopic (exact) mass is 368 g/mol. The number of hydrazine groups is 1. The van der Waals surface area contributed by atoms with Crippen molar-refractivity contribution in [2.24, 2.45) is 22.4 Å². The number of pyridine rings is 1. The number of ether oxygens (including phenoxy) is 1. The molecule has 140 valence electrons. The summed E-state index contributed by atoms with van der Waals surface area (Å²) in [6.45, 7) is 0.120. The standard InChI is InChI=1S/C18H20N6O3/c1-27-9-13-14(15(19)25)16-22-6-4-18(17(20)26,24(16)23-13)11-7-10-3-2-5-21-12(10)8-11/h2-6,11,23H,7-9H2,1H3,(H2,19,25)(H2,20,26). The second kappa shape index (κ2) is 6.20. The Morgan fingerprint density at radius 3 is 2.89 bits per heavy atom. The highest BCUT2D eigenvalue weighted by molar-refractivity contribution is 6.23. The number of methoxy groups -OCH3 is 1. The number of amidine groups is 1. The zero-order chi connectivity index (χ0) is 19.2. The van der Waals surface area contributed by atoms with Gasteiger partial charge in [-0.05, 0) is 30.5 Å². The summed E-state index contributed by atoms with van der Waals surface area (Å²) >= 11 is 0. The first-order chi connectivity index (χ1) is 13.0. The van der Waals surface area contributed by atoms with E-state index in [0.717, 1.165) is 11.3 Å². The van der Waals surface area contributed by atoms with Gasteiger partial charge in [0.25, 0.3) is 5.91 Å². The topological polar surface area (TPSA) is 136 Å². The van der Waals surface area contributed by atoms with Crippen LogP contribution < -0.4 is 16.9 Å². The Balaban J connectivity index is 1.77. The lowest BCUT2D eigenvalue weighted by molar-refractivity contribution is -0.129. The molecule has 0 saturated carbocycles. The summed E-state index contributed by atoms with van der Waals surface area (Å²) in [5.41, 5.74) is 16.0. The molecule has 27 heavy (non-hydrogen) atoms. The zero-order valence-electron chi connectivity index (χ0n) is 14.8. The van der Waals surface area contributed by atoms with Crippen molar-refractivity contribution < 1.29 is 14.3 Å². The van der Waals surface area contributed by atoms with Gasteiger partial charge >= 0.3 is 0 Å².